The first-order valence-corrected chi connectivity index (χ1v) is 5.82. The highest BCUT2D eigenvalue weighted by Crippen LogP contribution is 2.15. The molecule has 0 atom stereocenters. The van der Waals surface area contributed by atoms with Gasteiger partial charge >= 0.3 is 0 Å². The zero-order valence-electron chi connectivity index (χ0n) is 9.76. The van der Waals surface area contributed by atoms with Crippen LogP contribution >= 0.6 is 11.6 Å². The van der Waals surface area contributed by atoms with E-state index < -0.39 is 0 Å². The van der Waals surface area contributed by atoms with Gasteiger partial charge in [-0.25, -0.2) is 0 Å². The quantitative estimate of drug-likeness (QED) is 0.795. The van der Waals surface area contributed by atoms with Gasteiger partial charge < -0.3 is 4.74 Å². The normalized spacial score (nSPS) is 10.1. The molecule has 2 heterocycles. The van der Waals surface area contributed by atoms with Crippen LogP contribution in [0.2, 0.25) is 5.02 Å². The summed E-state index contributed by atoms with van der Waals surface area (Å²) in [5.74, 6) is 0.359. The maximum absolute atomic E-state index is 12.1. The van der Waals surface area contributed by atoms with Crippen molar-refractivity contribution in [3.63, 3.8) is 0 Å². The number of hydrogen-bond acceptors (Lipinski definition) is 4. The molecule has 18 heavy (non-hydrogen) atoms. The largest absolute Gasteiger partial charge is 0.492 e. The molecule has 2 aromatic heterocycles. The first-order valence-electron chi connectivity index (χ1n) is 5.45. The van der Waals surface area contributed by atoms with Crippen LogP contribution in [0.4, 0.5) is 0 Å². The summed E-state index contributed by atoms with van der Waals surface area (Å²) in [4.78, 5) is 20.1. The minimum Gasteiger partial charge on any atom is -0.492 e. The van der Waals surface area contributed by atoms with Crippen molar-refractivity contribution in [2.45, 2.75) is 6.92 Å². The Hall–Kier alpha value is -1.94. The van der Waals surface area contributed by atoms with Crippen molar-refractivity contribution in [2.24, 2.45) is 0 Å². The molecule has 2 aromatic rings. The third-order valence-electron chi connectivity index (χ3n) is 2.25. The lowest BCUT2D eigenvalue weighted by molar-refractivity contribution is 0.103. The number of carbonyl (C=O) groups is 1. The van der Waals surface area contributed by atoms with Crippen LogP contribution in [0.25, 0.3) is 0 Å². The first kappa shape index (κ1) is 12.5. The van der Waals surface area contributed by atoms with Crippen molar-refractivity contribution < 1.29 is 9.53 Å². The Morgan fingerprint density at radius 2 is 2.17 bits per heavy atom. The van der Waals surface area contributed by atoms with Crippen LogP contribution in [0.3, 0.4) is 0 Å². The molecule has 0 N–H and O–H groups in total. The van der Waals surface area contributed by atoms with E-state index in [4.69, 9.17) is 16.3 Å². The van der Waals surface area contributed by atoms with Crippen LogP contribution in [0.1, 0.15) is 23.0 Å². The molecule has 0 bridgehead atoms. The lowest BCUT2D eigenvalue weighted by atomic mass is 10.1. The highest BCUT2D eigenvalue weighted by atomic mass is 35.5. The molecule has 92 valence electrons. The van der Waals surface area contributed by atoms with Gasteiger partial charge in [-0.15, -0.1) is 0 Å². The summed E-state index contributed by atoms with van der Waals surface area (Å²) in [5, 5.41) is 0.493. The minimum atomic E-state index is -0.208. The van der Waals surface area contributed by atoms with Crippen LogP contribution in [-0.2, 0) is 0 Å². The molecule has 0 spiro atoms. The van der Waals surface area contributed by atoms with Crippen molar-refractivity contribution in [1.82, 2.24) is 9.97 Å². The summed E-state index contributed by atoms with van der Waals surface area (Å²) >= 11 is 5.72. The van der Waals surface area contributed by atoms with Crippen molar-refractivity contribution in [1.29, 1.82) is 0 Å². The molecule has 0 aliphatic carbocycles. The van der Waals surface area contributed by atoms with Crippen LogP contribution in [-0.4, -0.2) is 22.4 Å². The van der Waals surface area contributed by atoms with Crippen molar-refractivity contribution in [3.8, 4) is 5.75 Å². The molecule has 0 aliphatic rings. The summed E-state index contributed by atoms with van der Waals surface area (Å²) in [7, 11) is 0. The lowest BCUT2D eigenvalue weighted by Gasteiger charge is -2.04. The topological polar surface area (TPSA) is 52.1 Å². The van der Waals surface area contributed by atoms with Gasteiger partial charge in [0.1, 0.15) is 11.4 Å². The number of halogens is 1. The Balaban J connectivity index is 2.28. The number of pyridine rings is 2. The van der Waals surface area contributed by atoms with Gasteiger partial charge in [0.05, 0.1) is 17.8 Å². The highest BCUT2D eigenvalue weighted by Gasteiger charge is 2.11. The van der Waals surface area contributed by atoms with E-state index in [0.717, 1.165) is 0 Å². The van der Waals surface area contributed by atoms with Gasteiger partial charge in [0, 0.05) is 18.0 Å². The summed E-state index contributed by atoms with van der Waals surface area (Å²) in [5.41, 5.74) is 0.769. The van der Waals surface area contributed by atoms with E-state index in [2.05, 4.69) is 9.97 Å². The van der Waals surface area contributed by atoms with E-state index in [0.29, 0.717) is 28.6 Å². The van der Waals surface area contributed by atoms with Crippen LogP contribution < -0.4 is 4.74 Å². The van der Waals surface area contributed by atoms with Gasteiger partial charge in [-0.3, -0.25) is 14.8 Å². The zero-order chi connectivity index (χ0) is 13.0. The standard InChI is InChI=1S/C13H11ClN2O2/c1-2-18-11-5-9(6-15-8-11)13(17)12-4-3-10(14)7-16-12/h3-8H,2H2,1H3. The van der Waals surface area contributed by atoms with Crippen molar-refractivity contribution in [2.75, 3.05) is 6.61 Å². The number of hydrogen-bond donors (Lipinski definition) is 0. The SMILES string of the molecule is CCOc1cncc(C(=O)c2ccc(Cl)cn2)c1. The smallest absolute Gasteiger partial charge is 0.213 e. The number of carbonyl (C=O) groups excluding carboxylic acids is 1. The minimum absolute atomic E-state index is 0.208. The predicted molar refractivity (Wildman–Crippen MR) is 68.1 cm³/mol. The fraction of sp³-hybridized carbons (Fsp3) is 0.154. The van der Waals surface area contributed by atoms with Crippen LogP contribution in [0.5, 0.6) is 5.75 Å². The average Bonchev–Trinajstić information content (AvgIpc) is 2.39. The van der Waals surface area contributed by atoms with Crippen molar-refractivity contribution >= 4 is 17.4 Å². The van der Waals surface area contributed by atoms with Crippen molar-refractivity contribution in [3.05, 3.63) is 53.1 Å². The number of ketones is 1. The molecule has 5 heteroatoms. The predicted octanol–water partition coefficient (Wildman–Crippen LogP) is 2.76. The Kier molecular flexibility index (Phi) is 3.89. The van der Waals surface area contributed by atoms with Crippen LogP contribution in [0.15, 0.2) is 36.8 Å². The number of aromatic nitrogens is 2. The molecule has 0 aromatic carbocycles. The van der Waals surface area contributed by atoms with Gasteiger partial charge in [0.25, 0.3) is 0 Å². The number of nitrogens with zero attached hydrogens (tertiary/aromatic N) is 2. The zero-order valence-corrected chi connectivity index (χ0v) is 10.5. The summed E-state index contributed by atoms with van der Waals surface area (Å²) < 4.78 is 5.30. The molecular formula is C13H11ClN2O2. The van der Waals surface area contributed by atoms with Crippen LogP contribution in [0, 0.1) is 0 Å². The lowest BCUT2D eigenvalue weighted by Crippen LogP contribution is -2.05. The Bertz CT molecular complexity index is 555. The fourth-order valence-corrected chi connectivity index (χ4v) is 1.56. The molecular weight excluding hydrogens is 252 g/mol. The van der Waals surface area contributed by atoms with E-state index in [1.54, 1.807) is 24.4 Å². The Labute approximate surface area is 110 Å². The summed E-state index contributed by atoms with van der Waals surface area (Å²) in [6, 6.07) is 4.86. The second kappa shape index (κ2) is 5.60. The first-order chi connectivity index (χ1) is 8.70. The summed E-state index contributed by atoms with van der Waals surface area (Å²) in [6.07, 6.45) is 4.49. The van der Waals surface area contributed by atoms with E-state index in [9.17, 15) is 4.79 Å². The Morgan fingerprint density at radius 1 is 1.33 bits per heavy atom. The van der Waals surface area contributed by atoms with E-state index in [1.165, 1.54) is 12.4 Å². The van der Waals surface area contributed by atoms with E-state index >= 15 is 0 Å². The number of ether oxygens (including phenoxy) is 1. The second-order valence-electron chi connectivity index (χ2n) is 3.53. The average molecular weight is 263 g/mol. The third kappa shape index (κ3) is 2.84. The molecule has 0 aliphatic heterocycles. The van der Waals surface area contributed by atoms with E-state index in [-0.39, 0.29) is 5.78 Å². The summed E-state index contributed by atoms with van der Waals surface area (Å²) in [6.45, 7) is 2.40. The molecule has 0 unspecified atom stereocenters. The molecule has 0 radical (unpaired) electrons. The molecule has 0 fully saturated rings. The Morgan fingerprint density at radius 3 is 2.83 bits per heavy atom. The molecule has 4 nitrogen and oxygen atoms in total. The van der Waals surface area contributed by atoms with Gasteiger partial charge in [-0.2, -0.15) is 0 Å². The van der Waals surface area contributed by atoms with Gasteiger partial charge in [0.15, 0.2) is 0 Å². The van der Waals surface area contributed by atoms with Gasteiger partial charge in [0.2, 0.25) is 5.78 Å². The maximum Gasteiger partial charge on any atom is 0.213 e. The second-order valence-corrected chi connectivity index (χ2v) is 3.97. The number of rotatable bonds is 4. The molecule has 0 saturated heterocycles. The van der Waals surface area contributed by atoms with E-state index in [1.807, 2.05) is 6.92 Å². The van der Waals surface area contributed by atoms with Gasteiger partial charge in [-0.05, 0) is 25.1 Å². The molecule has 0 amide bonds. The highest BCUT2D eigenvalue weighted by molar-refractivity contribution is 6.30. The fourth-order valence-electron chi connectivity index (χ4n) is 1.45. The van der Waals surface area contributed by atoms with Gasteiger partial charge in [-0.1, -0.05) is 11.6 Å². The maximum atomic E-state index is 12.1. The molecule has 2 rings (SSSR count). The monoisotopic (exact) mass is 262 g/mol. The third-order valence-corrected chi connectivity index (χ3v) is 2.47. The molecule has 0 saturated carbocycles.